The molecular formula is C61H43N5. The van der Waals surface area contributed by atoms with Gasteiger partial charge in [0, 0.05) is 44.0 Å². The molecule has 0 saturated heterocycles. The lowest BCUT2D eigenvalue weighted by Gasteiger charge is -2.42. The molecule has 0 radical (unpaired) electrons. The predicted molar refractivity (Wildman–Crippen MR) is 269 cm³/mol. The molecule has 4 heterocycles. The van der Waals surface area contributed by atoms with Crippen molar-refractivity contribution in [3.8, 4) is 45.5 Å². The van der Waals surface area contributed by atoms with E-state index in [-0.39, 0.29) is 5.41 Å². The van der Waals surface area contributed by atoms with Gasteiger partial charge in [-0.25, -0.2) is 4.98 Å². The molecule has 0 fully saturated rings. The van der Waals surface area contributed by atoms with Gasteiger partial charge >= 0.3 is 0 Å². The van der Waals surface area contributed by atoms with Crippen molar-refractivity contribution in [1.82, 2.24) is 24.1 Å². The molecular weight excluding hydrogens is 803 g/mol. The van der Waals surface area contributed by atoms with Crippen molar-refractivity contribution in [1.29, 1.82) is 0 Å². The summed E-state index contributed by atoms with van der Waals surface area (Å²) in [7, 11) is 0. The zero-order chi connectivity index (χ0) is 43.7. The average molecular weight is 846 g/mol. The number of allylic oxidation sites excluding steroid dienone is 1. The van der Waals surface area contributed by atoms with Gasteiger partial charge in [-0.05, 0) is 93.7 Å². The van der Waals surface area contributed by atoms with Crippen LogP contribution in [0.5, 0.6) is 0 Å². The largest absolute Gasteiger partial charge is 0.309 e. The molecule has 5 heteroatoms. The highest BCUT2D eigenvalue weighted by Gasteiger charge is 2.46. The molecule has 0 saturated carbocycles. The Bertz CT molecular complexity index is 3800. The highest BCUT2D eigenvalue weighted by Crippen LogP contribution is 2.56. The number of aromatic nitrogens is 5. The second-order valence-corrected chi connectivity index (χ2v) is 18.6. The molecule has 0 unspecified atom stereocenters. The number of nitrogens with zero attached hydrogens (tertiary/aromatic N) is 5. The first-order valence-electron chi connectivity index (χ1n) is 23.1. The Balaban J connectivity index is 1.10. The van der Waals surface area contributed by atoms with Crippen LogP contribution in [0.1, 0.15) is 64.9 Å². The summed E-state index contributed by atoms with van der Waals surface area (Å²) in [5, 5.41) is 3.58. The van der Waals surface area contributed by atoms with Gasteiger partial charge in [0.05, 0.1) is 27.7 Å². The topological polar surface area (TPSA) is 48.5 Å². The first-order chi connectivity index (χ1) is 32.5. The number of para-hydroxylation sites is 2. The van der Waals surface area contributed by atoms with Crippen molar-refractivity contribution in [3.05, 3.63) is 239 Å². The van der Waals surface area contributed by atoms with E-state index in [0.717, 1.165) is 29.5 Å². The number of benzene rings is 8. The Morgan fingerprint density at radius 1 is 0.470 bits per heavy atom. The van der Waals surface area contributed by atoms with Crippen LogP contribution in [0, 0.1) is 0 Å². The van der Waals surface area contributed by atoms with E-state index in [1.807, 2.05) is 6.07 Å². The second kappa shape index (κ2) is 13.7. The molecule has 11 aromatic rings. The average Bonchev–Trinajstić information content (AvgIpc) is 3.97. The molecule has 14 rings (SSSR count). The van der Waals surface area contributed by atoms with Crippen molar-refractivity contribution in [3.63, 3.8) is 0 Å². The monoisotopic (exact) mass is 845 g/mol. The Labute approximate surface area is 383 Å². The number of rotatable bonds is 5. The number of hydrogen-bond acceptors (Lipinski definition) is 3. The van der Waals surface area contributed by atoms with Gasteiger partial charge in [0.15, 0.2) is 11.6 Å². The predicted octanol–water partition coefficient (Wildman–Crippen LogP) is 14.2. The van der Waals surface area contributed by atoms with Crippen LogP contribution in [0.15, 0.2) is 194 Å². The van der Waals surface area contributed by atoms with Crippen LogP contribution in [-0.2, 0) is 17.3 Å². The number of hydrogen-bond donors (Lipinski definition) is 0. The third-order valence-electron chi connectivity index (χ3n) is 14.9. The maximum absolute atomic E-state index is 5.63. The summed E-state index contributed by atoms with van der Waals surface area (Å²) in [6, 6.07) is 68.8. The summed E-state index contributed by atoms with van der Waals surface area (Å²) in [5.74, 6) is 1.91. The Hall–Kier alpha value is -8.15. The summed E-state index contributed by atoms with van der Waals surface area (Å²) >= 11 is 0. The SMILES string of the molecule is CC1(C)c2ccccc2-c2cc3c4c(n(-c5nc(-c6ccccc6)nc(-c6cc7c8c(c6)c6ccccc6n8-c6ccccc6C7(c6ccccc6)c6ccccc6)n5)c3cc21)CCC=C4. The van der Waals surface area contributed by atoms with Crippen LogP contribution in [0.4, 0.5) is 0 Å². The molecule has 312 valence electrons. The summed E-state index contributed by atoms with van der Waals surface area (Å²) < 4.78 is 4.84. The third-order valence-corrected chi connectivity index (χ3v) is 14.9. The van der Waals surface area contributed by atoms with Crippen LogP contribution in [0.3, 0.4) is 0 Å². The minimum absolute atomic E-state index is 0.163. The van der Waals surface area contributed by atoms with Gasteiger partial charge in [0.1, 0.15) is 0 Å². The fourth-order valence-electron chi connectivity index (χ4n) is 12.0. The molecule has 0 amide bonds. The molecule has 0 spiro atoms. The Morgan fingerprint density at radius 2 is 1.12 bits per heavy atom. The van der Waals surface area contributed by atoms with Gasteiger partial charge in [-0.3, -0.25) is 4.57 Å². The highest BCUT2D eigenvalue weighted by atomic mass is 15.2. The van der Waals surface area contributed by atoms with E-state index < -0.39 is 5.41 Å². The van der Waals surface area contributed by atoms with E-state index in [1.54, 1.807) is 0 Å². The summed E-state index contributed by atoms with van der Waals surface area (Å²) in [6.07, 6.45) is 6.47. The van der Waals surface area contributed by atoms with Crippen LogP contribution >= 0.6 is 0 Å². The van der Waals surface area contributed by atoms with E-state index in [4.69, 9.17) is 15.0 Å². The summed E-state index contributed by atoms with van der Waals surface area (Å²) in [4.78, 5) is 16.5. The van der Waals surface area contributed by atoms with E-state index in [2.05, 4.69) is 217 Å². The van der Waals surface area contributed by atoms with Crippen molar-refractivity contribution in [2.75, 3.05) is 0 Å². The smallest absolute Gasteiger partial charge is 0.238 e. The Kier molecular flexibility index (Phi) is 7.72. The molecule has 0 N–H and O–H groups in total. The van der Waals surface area contributed by atoms with Gasteiger partial charge in [-0.2, -0.15) is 9.97 Å². The molecule has 0 bridgehead atoms. The Morgan fingerprint density at radius 3 is 1.89 bits per heavy atom. The molecule has 0 atom stereocenters. The quantitative estimate of drug-likeness (QED) is 0.173. The first kappa shape index (κ1) is 37.2. The van der Waals surface area contributed by atoms with E-state index in [0.29, 0.717) is 17.6 Å². The normalized spacial score (nSPS) is 14.9. The van der Waals surface area contributed by atoms with E-state index >= 15 is 0 Å². The molecule has 8 aromatic carbocycles. The van der Waals surface area contributed by atoms with Gasteiger partial charge < -0.3 is 4.57 Å². The second-order valence-electron chi connectivity index (χ2n) is 18.6. The van der Waals surface area contributed by atoms with Crippen molar-refractivity contribution in [2.24, 2.45) is 0 Å². The maximum Gasteiger partial charge on any atom is 0.238 e. The molecule has 2 aliphatic carbocycles. The highest BCUT2D eigenvalue weighted by molar-refractivity contribution is 6.13. The third kappa shape index (κ3) is 4.97. The van der Waals surface area contributed by atoms with Gasteiger partial charge in [-0.1, -0.05) is 178 Å². The van der Waals surface area contributed by atoms with Gasteiger partial charge in [-0.15, -0.1) is 0 Å². The zero-order valence-corrected chi connectivity index (χ0v) is 36.7. The van der Waals surface area contributed by atoms with Crippen molar-refractivity contribution in [2.45, 2.75) is 37.5 Å². The van der Waals surface area contributed by atoms with Crippen LogP contribution in [0.25, 0.3) is 84.3 Å². The lowest BCUT2D eigenvalue weighted by atomic mass is 9.63. The van der Waals surface area contributed by atoms with Crippen molar-refractivity contribution >= 4 is 38.8 Å². The molecule has 1 aliphatic heterocycles. The van der Waals surface area contributed by atoms with Crippen LogP contribution < -0.4 is 0 Å². The van der Waals surface area contributed by atoms with Crippen LogP contribution in [-0.4, -0.2) is 24.1 Å². The van der Waals surface area contributed by atoms with E-state index in [1.165, 1.54) is 88.6 Å². The van der Waals surface area contributed by atoms with E-state index in [9.17, 15) is 0 Å². The molecule has 66 heavy (non-hydrogen) atoms. The maximum atomic E-state index is 5.63. The molecule has 5 nitrogen and oxygen atoms in total. The van der Waals surface area contributed by atoms with Crippen molar-refractivity contribution < 1.29 is 0 Å². The molecule has 3 aromatic heterocycles. The molecule has 3 aliphatic rings. The fourth-order valence-corrected chi connectivity index (χ4v) is 12.0. The first-order valence-corrected chi connectivity index (χ1v) is 23.1. The van der Waals surface area contributed by atoms with Gasteiger partial charge in [0.2, 0.25) is 5.95 Å². The summed E-state index contributed by atoms with van der Waals surface area (Å²) in [6.45, 7) is 4.71. The standard InChI is InChI=1S/C61H43N5/c1-60(2)48-29-15-12-26-42(48)45-36-46-43-27-13-18-32-53(43)66(55(46)37-50(45)60)59-63-57(38-20-6-3-7-21-38)62-58(64-59)39-34-47-44-28-14-17-31-52(44)65-54-33-19-16-30-49(54)61(51(35-39)56(47)65,40-22-8-4-9-23-40)41-24-10-5-11-25-41/h3-17,19-31,33-37H,18,32H2,1-2H3. The lowest BCUT2D eigenvalue weighted by Crippen LogP contribution is -2.35. The fraction of sp³-hybridized carbons (Fsp3) is 0.0984. The number of fused-ring (bicyclic) bond motifs is 11. The minimum atomic E-state index is -0.664. The minimum Gasteiger partial charge on any atom is -0.309 e. The zero-order valence-electron chi connectivity index (χ0n) is 36.7. The lowest BCUT2D eigenvalue weighted by molar-refractivity contribution is 0.660. The summed E-state index contributed by atoms with van der Waals surface area (Å²) in [5.41, 5.74) is 18.4. The van der Waals surface area contributed by atoms with Crippen LogP contribution in [0.2, 0.25) is 0 Å². The van der Waals surface area contributed by atoms with Gasteiger partial charge in [0.25, 0.3) is 0 Å².